The highest BCUT2D eigenvalue weighted by molar-refractivity contribution is 5.83. The van der Waals surface area contributed by atoms with E-state index < -0.39 is 5.54 Å². The highest BCUT2D eigenvalue weighted by atomic mass is 16.5. The Morgan fingerprint density at radius 2 is 1.95 bits per heavy atom. The van der Waals surface area contributed by atoms with Crippen molar-refractivity contribution in [3.63, 3.8) is 0 Å². The highest BCUT2D eigenvalue weighted by Gasteiger charge is 2.45. The van der Waals surface area contributed by atoms with Crippen molar-refractivity contribution in [3.8, 4) is 0 Å². The minimum atomic E-state index is -0.633. The molecule has 1 atom stereocenters. The SMILES string of the molecule is COC(=O)C1(NC2CCCCC2)CCCc2ccccc21. The fraction of sp³-hybridized carbons (Fsp3) is 0.611. The first-order chi connectivity index (χ1) is 10.3. The van der Waals surface area contributed by atoms with Gasteiger partial charge in [0.05, 0.1) is 7.11 Å². The van der Waals surface area contributed by atoms with Crippen molar-refractivity contribution in [2.45, 2.75) is 62.9 Å². The summed E-state index contributed by atoms with van der Waals surface area (Å²) < 4.78 is 5.19. The normalized spacial score (nSPS) is 26.1. The summed E-state index contributed by atoms with van der Waals surface area (Å²) in [5.41, 5.74) is 1.79. The predicted molar refractivity (Wildman–Crippen MR) is 83.1 cm³/mol. The smallest absolute Gasteiger partial charge is 0.330 e. The number of benzene rings is 1. The summed E-state index contributed by atoms with van der Waals surface area (Å²) in [6.45, 7) is 0. The molecule has 1 N–H and O–H groups in total. The second kappa shape index (κ2) is 6.18. The van der Waals surface area contributed by atoms with E-state index in [1.165, 1.54) is 44.8 Å². The van der Waals surface area contributed by atoms with Crippen LogP contribution in [0.3, 0.4) is 0 Å². The lowest BCUT2D eigenvalue weighted by molar-refractivity contribution is -0.150. The molecular formula is C18H25NO2. The van der Waals surface area contributed by atoms with Gasteiger partial charge in [0.1, 0.15) is 5.54 Å². The van der Waals surface area contributed by atoms with Crippen LogP contribution in [0, 0.1) is 0 Å². The van der Waals surface area contributed by atoms with Gasteiger partial charge in [-0.15, -0.1) is 0 Å². The molecule has 2 aliphatic rings. The number of rotatable bonds is 3. The molecule has 1 unspecified atom stereocenters. The third-order valence-corrected chi connectivity index (χ3v) is 5.06. The Morgan fingerprint density at radius 1 is 1.19 bits per heavy atom. The van der Waals surface area contributed by atoms with Gasteiger partial charge < -0.3 is 4.74 Å². The van der Waals surface area contributed by atoms with E-state index in [1.807, 2.05) is 6.07 Å². The molecule has 0 heterocycles. The van der Waals surface area contributed by atoms with Crippen molar-refractivity contribution in [3.05, 3.63) is 35.4 Å². The molecule has 0 saturated heterocycles. The van der Waals surface area contributed by atoms with Crippen molar-refractivity contribution in [1.29, 1.82) is 0 Å². The van der Waals surface area contributed by atoms with Gasteiger partial charge in [0.15, 0.2) is 0 Å². The van der Waals surface area contributed by atoms with E-state index in [4.69, 9.17) is 4.74 Å². The first-order valence-corrected chi connectivity index (χ1v) is 8.21. The molecule has 114 valence electrons. The fourth-order valence-electron chi connectivity index (χ4n) is 4.02. The van der Waals surface area contributed by atoms with E-state index in [1.54, 1.807) is 0 Å². The second-order valence-corrected chi connectivity index (χ2v) is 6.39. The van der Waals surface area contributed by atoms with Gasteiger partial charge in [-0.1, -0.05) is 43.5 Å². The summed E-state index contributed by atoms with van der Waals surface area (Å²) in [6, 6.07) is 8.77. The fourth-order valence-corrected chi connectivity index (χ4v) is 4.02. The van der Waals surface area contributed by atoms with Gasteiger partial charge in [0, 0.05) is 6.04 Å². The molecule has 1 aromatic carbocycles. The van der Waals surface area contributed by atoms with Crippen LogP contribution in [-0.4, -0.2) is 19.1 Å². The Balaban J connectivity index is 1.96. The van der Waals surface area contributed by atoms with Crippen molar-refractivity contribution >= 4 is 5.97 Å². The maximum Gasteiger partial charge on any atom is 0.330 e. The number of nitrogens with one attached hydrogen (secondary N) is 1. The standard InChI is InChI=1S/C18H25NO2/c1-21-17(20)18(19-15-10-3-2-4-11-15)13-7-9-14-8-5-6-12-16(14)18/h5-6,8,12,15,19H,2-4,7,9-11,13H2,1H3. The largest absolute Gasteiger partial charge is 0.467 e. The molecule has 0 radical (unpaired) electrons. The molecule has 0 bridgehead atoms. The first kappa shape index (κ1) is 14.6. The Kier molecular flexibility index (Phi) is 4.29. The zero-order valence-corrected chi connectivity index (χ0v) is 12.9. The molecule has 3 nitrogen and oxygen atoms in total. The Morgan fingerprint density at radius 3 is 2.71 bits per heavy atom. The van der Waals surface area contributed by atoms with E-state index >= 15 is 0 Å². The van der Waals surface area contributed by atoms with Crippen LogP contribution in [0.4, 0.5) is 0 Å². The molecule has 1 saturated carbocycles. The number of methoxy groups -OCH3 is 1. The maximum absolute atomic E-state index is 12.6. The van der Waals surface area contributed by atoms with Gasteiger partial charge in [-0.25, -0.2) is 4.79 Å². The molecule has 21 heavy (non-hydrogen) atoms. The van der Waals surface area contributed by atoms with Gasteiger partial charge in [0.2, 0.25) is 0 Å². The van der Waals surface area contributed by atoms with Crippen LogP contribution in [0.25, 0.3) is 0 Å². The second-order valence-electron chi connectivity index (χ2n) is 6.39. The summed E-state index contributed by atoms with van der Waals surface area (Å²) in [4.78, 5) is 12.6. The van der Waals surface area contributed by atoms with Gasteiger partial charge >= 0.3 is 5.97 Å². The minimum absolute atomic E-state index is 0.125. The molecule has 0 aliphatic heterocycles. The molecule has 1 aromatic rings. The third-order valence-electron chi connectivity index (χ3n) is 5.06. The molecule has 0 amide bonds. The maximum atomic E-state index is 12.6. The summed E-state index contributed by atoms with van der Waals surface area (Å²) in [5.74, 6) is -0.125. The summed E-state index contributed by atoms with van der Waals surface area (Å²) in [5, 5.41) is 3.70. The van der Waals surface area contributed by atoms with Crippen LogP contribution < -0.4 is 5.32 Å². The number of hydrogen-bond acceptors (Lipinski definition) is 3. The monoisotopic (exact) mass is 287 g/mol. The number of fused-ring (bicyclic) bond motifs is 1. The number of esters is 1. The first-order valence-electron chi connectivity index (χ1n) is 8.21. The number of aryl methyl sites for hydroxylation is 1. The van der Waals surface area contributed by atoms with E-state index in [-0.39, 0.29) is 5.97 Å². The summed E-state index contributed by atoms with van der Waals surface area (Å²) >= 11 is 0. The lowest BCUT2D eigenvalue weighted by Crippen LogP contribution is -2.55. The molecule has 3 rings (SSSR count). The van der Waals surface area contributed by atoms with Crippen LogP contribution in [0.5, 0.6) is 0 Å². The Labute approximate surface area is 127 Å². The third kappa shape index (κ3) is 2.71. The molecule has 2 aliphatic carbocycles. The van der Waals surface area contributed by atoms with Crippen LogP contribution in [0.15, 0.2) is 24.3 Å². The average molecular weight is 287 g/mol. The van der Waals surface area contributed by atoms with Gasteiger partial charge in [-0.2, -0.15) is 0 Å². The molecule has 3 heteroatoms. The van der Waals surface area contributed by atoms with Crippen LogP contribution in [0.1, 0.15) is 56.1 Å². The van der Waals surface area contributed by atoms with Crippen molar-refractivity contribution < 1.29 is 9.53 Å². The molecular weight excluding hydrogens is 262 g/mol. The average Bonchev–Trinajstić information content (AvgIpc) is 2.55. The van der Waals surface area contributed by atoms with Crippen molar-refractivity contribution in [1.82, 2.24) is 5.32 Å². The zero-order chi connectivity index (χ0) is 14.7. The number of carbonyl (C=O) groups excluding carboxylic acids is 1. The Hall–Kier alpha value is -1.35. The quantitative estimate of drug-likeness (QED) is 0.867. The highest BCUT2D eigenvalue weighted by Crippen LogP contribution is 2.38. The lowest BCUT2D eigenvalue weighted by Gasteiger charge is -2.41. The van der Waals surface area contributed by atoms with E-state index in [0.717, 1.165) is 24.8 Å². The van der Waals surface area contributed by atoms with Gasteiger partial charge in [-0.05, 0) is 43.2 Å². The van der Waals surface area contributed by atoms with Crippen LogP contribution in [-0.2, 0) is 21.5 Å². The van der Waals surface area contributed by atoms with Crippen molar-refractivity contribution in [2.75, 3.05) is 7.11 Å². The van der Waals surface area contributed by atoms with E-state index in [2.05, 4.69) is 23.5 Å². The van der Waals surface area contributed by atoms with Crippen molar-refractivity contribution in [2.24, 2.45) is 0 Å². The summed E-state index contributed by atoms with van der Waals surface area (Å²) in [6.07, 6.45) is 9.11. The lowest BCUT2D eigenvalue weighted by atomic mass is 9.75. The van der Waals surface area contributed by atoms with Gasteiger partial charge in [-0.3, -0.25) is 5.32 Å². The minimum Gasteiger partial charge on any atom is -0.467 e. The van der Waals surface area contributed by atoms with Gasteiger partial charge in [0.25, 0.3) is 0 Å². The predicted octanol–water partition coefficient (Wildman–Crippen LogP) is 3.31. The van der Waals surface area contributed by atoms with E-state index in [0.29, 0.717) is 6.04 Å². The summed E-state index contributed by atoms with van der Waals surface area (Å²) in [7, 11) is 1.50. The Bertz CT molecular complexity index is 508. The zero-order valence-electron chi connectivity index (χ0n) is 12.9. The van der Waals surface area contributed by atoms with Crippen LogP contribution >= 0.6 is 0 Å². The number of ether oxygens (including phenoxy) is 1. The number of carbonyl (C=O) groups is 1. The van der Waals surface area contributed by atoms with E-state index in [9.17, 15) is 4.79 Å². The topological polar surface area (TPSA) is 38.3 Å². The molecule has 1 fully saturated rings. The molecule has 0 aromatic heterocycles. The molecule has 0 spiro atoms. The number of hydrogen-bond donors (Lipinski definition) is 1. The van der Waals surface area contributed by atoms with Crippen LogP contribution in [0.2, 0.25) is 0 Å².